The summed E-state index contributed by atoms with van der Waals surface area (Å²) in [6.07, 6.45) is 0.429. The van der Waals surface area contributed by atoms with Gasteiger partial charge in [-0.3, -0.25) is 4.79 Å². The van der Waals surface area contributed by atoms with E-state index in [1.807, 2.05) is 12.1 Å². The van der Waals surface area contributed by atoms with Crippen molar-refractivity contribution in [3.8, 4) is 11.3 Å². The van der Waals surface area contributed by atoms with E-state index in [1.54, 1.807) is 19.2 Å². The van der Waals surface area contributed by atoms with Crippen LogP contribution in [0.5, 0.6) is 0 Å². The molecule has 0 unspecified atom stereocenters. The topological polar surface area (TPSA) is 72.6 Å². The fourth-order valence-corrected chi connectivity index (χ4v) is 2.84. The number of methoxy groups -OCH3 is 1. The maximum atomic E-state index is 11.2. The van der Waals surface area contributed by atoms with Crippen molar-refractivity contribution in [1.82, 2.24) is 5.16 Å². The van der Waals surface area contributed by atoms with Crippen LogP contribution < -0.4 is 0 Å². The average Bonchev–Trinajstić information content (AvgIpc) is 2.91. The summed E-state index contributed by atoms with van der Waals surface area (Å²) in [5.74, 6) is -0.758. The third-order valence-corrected chi connectivity index (χ3v) is 4.06. The van der Waals surface area contributed by atoms with E-state index in [1.165, 1.54) is 0 Å². The first-order valence-electron chi connectivity index (χ1n) is 6.60. The molecule has 0 spiro atoms. The fraction of sp³-hybridized carbons (Fsp3) is 0.333. The second-order valence-corrected chi connectivity index (χ2v) is 5.51. The summed E-state index contributed by atoms with van der Waals surface area (Å²) in [7, 11) is 1.57. The number of benzene rings is 1. The molecule has 1 aromatic carbocycles. The summed E-state index contributed by atoms with van der Waals surface area (Å²) in [5.41, 5.74) is 2.41. The highest BCUT2D eigenvalue weighted by Crippen LogP contribution is 2.41. The van der Waals surface area contributed by atoms with Gasteiger partial charge in [-0.1, -0.05) is 28.9 Å². The number of nitrogens with zero attached hydrogens (tertiary/aromatic N) is 1. The van der Waals surface area contributed by atoms with Crippen LogP contribution in [0.1, 0.15) is 23.8 Å². The number of carboxylic acid groups (broad SMARTS) is 1. The van der Waals surface area contributed by atoms with E-state index in [0.717, 1.165) is 11.1 Å². The Morgan fingerprint density at radius 3 is 2.76 bits per heavy atom. The molecule has 6 heteroatoms. The van der Waals surface area contributed by atoms with Crippen LogP contribution in [-0.2, 0) is 16.0 Å². The number of carbonyl (C=O) groups is 1. The number of aromatic nitrogens is 1. The van der Waals surface area contributed by atoms with E-state index in [0.29, 0.717) is 29.3 Å². The molecular weight excluding hydrogens is 294 g/mol. The van der Waals surface area contributed by atoms with E-state index < -0.39 is 11.9 Å². The van der Waals surface area contributed by atoms with Crippen molar-refractivity contribution >= 4 is 17.6 Å². The van der Waals surface area contributed by atoms with Gasteiger partial charge in [0, 0.05) is 24.1 Å². The largest absolute Gasteiger partial charge is 0.481 e. The standard InChI is InChI=1S/C15H14ClNO4/c1-20-11-6-9(15(18)19)7-12-13(11)14(17-21-12)8-2-4-10(16)5-3-8/h2-5,9,11H,6-7H2,1H3,(H,18,19)/t9-,11-/m1/s1. The van der Waals surface area contributed by atoms with Crippen molar-refractivity contribution < 1.29 is 19.2 Å². The maximum Gasteiger partial charge on any atom is 0.307 e. The zero-order valence-electron chi connectivity index (χ0n) is 11.4. The predicted octanol–water partition coefficient (Wildman–Crippen LogP) is 3.33. The van der Waals surface area contributed by atoms with Gasteiger partial charge >= 0.3 is 5.97 Å². The van der Waals surface area contributed by atoms with Crippen LogP contribution in [0, 0.1) is 5.92 Å². The second kappa shape index (κ2) is 5.50. The normalized spacial score (nSPS) is 21.0. The minimum atomic E-state index is -0.841. The molecule has 1 N–H and O–H groups in total. The summed E-state index contributed by atoms with van der Waals surface area (Å²) in [5, 5.41) is 13.9. The minimum absolute atomic E-state index is 0.327. The zero-order valence-corrected chi connectivity index (χ0v) is 12.1. The molecule has 1 aliphatic rings. The molecule has 0 bridgehead atoms. The Balaban J connectivity index is 2.03. The third-order valence-electron chi connectivity index (χ3n) is 3.81. The zero-order chi connectivity index (χ0) is 15.0. The van der Waals surface area contributed by atoms with Gasteiger partial charge in [0.2, 0.25) is 0 Å². The lowest BCUT2D eigenvalue weighted by Crippen LogP contribution is -2.25. The van der Waals surface area contributed by atoms with Gasteiger partial charge in [-0.15, -0.1) is 0 Å². The number of ether oxygens (including phenoxy) is 1. The lowest BCUT2D eigenvalue weighted by atomic mass is 9.84. The Kier molecular flexibility index (Phi) is 3.69. The Labute approximate surface area is 126 Å². The molecule has 0 amide bonds. The van der Waals surface area contributed by atoms with Gasteiger partial charge in [0.1, 0.15) is 11.5 Å². The molecule has 2 aromatic rings. The molecule has 1 aliphatic carbocycles. The van der Waals surface area contributed by atoms with Crippen molar-refractivity contribution in [2.45, 2.75) is 18.9 Å². The van der Waals surface area contributed by atoms with Crippen molar-refractivity contribution in [3.63, 3.8) is 0 Å². The SMILES string of the molecule is CO[C@@H]1C[C@@H](C(=O)O)Cc2onc(-c3ccc(Cl)cc3)c21. The molecule has 110 valence electrons. The second-order valence-electron chi connectivity index (χ2n) is 5.07. The predicted molar refractivity (Wildman–Crippen MR) is 76.1 cm³/mol. The summed E-state index contributed by atoms with van der Waals surface area (Å²) in [6, 6.07) is 7.28. The number of hydrogen-bond acceptors (Lipinski definition) is 4. The van der Waals surface area contributed by atoms with Gasteiger partial charge < -0.3 is 14.4 Å². The Bertz CT molecular complexity index is 665. The van der Waals surface area contributed by atoms with Gasteiger partial charge in [0.15, 0.2) is 0 Å². The van der Waals surface area contributed by atoms with Crippen molar-refractivity contribution in [1.29, 1.82) is 0 Å². The molecule has 5 nitrogen and oxygen atoms in total. The number of halogens is 1. The lowest BCUT2D eigenvalue weighted by molar-refractivity contribution is -0.143. The van der Waals surface area contributed by atoms with Gasteiger partial charge in [-0.05, 0) is 18.6 Å². The van der Waals surface area contributed by atoms with Crippen LogP contribution in [-0.4, -0.2) is 23.3 Å². The van der Waals surface area contributed by atoms with Crippen LogP contribution in [0.3, 0.4) is 0 Å². The Morgan fingerprint density at radius 2 is 2.14 bits per heavy atom. The number of fused-ring (bicyclic) bond motifs is 1. The Hall–Kier alpha value is -1.85. The minimum Gasteiger partial charge on any atom is -0.481 e. The van der Waals surface area contributed by atoms with Crippen molar-refractivity contribution in [2.75, 3.05) is 7.11 Å². The van der Waals surface area contributed by atoms with E-state index in [2.05, 4.69) is 5.16 Å². The van der Waals surface area contributed by atoms with Gasteiger partial charge in [0.05, 0.1) is 17.6 Å². The monoisotopic (exact) mass is 307 g/mol. The van der Waals surface area contributed by atoms with Crippen LogP contribution >= 0.6 is 11.6 Å². The fourth-order valence-electron chi connectivity index (χ4n) is 2.71. The number of carboxylic acids is 1. The van der Waals surface area contributed by atoms with E-state index in [-0.39, 0.29) is 6.10 Å². The molecule has 0 radical (unpaired) electrons. The summed E-state index contributed by atoms with van der Waals surface area (Å²) >= 11 is 5.89. The number of aliphatic carboxylic acids is 1. The highest BCUT2D eigenvalue weighted by molar-refractivity contribution is 6.30. The molecule has 0 saturated carbocycles. The van der Waals surface area contributed by atoms with Gasteiger partial charge in [-0.2, -0.15) is 0 Å². The molecule has 21 heavy (non-hydrogen) atoms. The highest BCUT2D eigenvalue weighted by Gasteiger charge is 2.36. The summed E-state index contributed by atoms with van der Waals surface area (Å²) < 4.78 is 10.8. The molecule has 0 aliphatic heterocycles. The molecule has 0 saturated heterocycles. The molecule has 1 aromatic heterocycles. The van der Waals surface area contributed by atoms with E-state index in [9.17, 15) is 9.90 Å². The quantitative estimate of drug-likeness (QED) is 0.941. The van der Waals surface area contributed by atoms with E-state index in [4.69, 9.17) is 20.9 Å². The summed E-state index contributed by atoms with van der Waals surface area (Å²) in [4.78, 5) is 11.2. The van der Waals surface area contributed by atoms with E-state index >= 15 is 0 Å². The van der Waals surface area contributed by atoms with Crippen LogP contribution in [0.2, 0.25) is 5.02 Å². The number of hydrogen-bond donors (Lipinski definition) is 1. The smallest absolute Gasteiger partial charge is 0.307 e. The molecule has 1 heterocycles. The summed E-state index contributed by atoms with van der Waals surface area (Å²) in [6.45, 7) is 0. The third kappa shape index (κ3) is 2.54. The molecule has 3 rings (SSSR count). The first-order chi connectivity index (χ1) is 10.1. The number of rotatable bonds is 3. The molecular formula is C15H14ClNO4. The first kappa shape index (κ1) is 14.1. The first-order valence-corrected chi connectivity index (χ1v) is 6.98. The molecule has 0 fully saturated rings. The molecule has 2 atom stereocenters. The van der Waals surface area contributed by atoms with Crippen molar-refractivity contribution in [3.05, 3.63) is 40.6 Å². The lowest BCUT2D eigenvalue weighted by Gasteiger charge is -2.25. The van der Waals surface area contributed by atoms with Crippen LogP contribution in [0.4, 0.5) is 0 Å². The van der Waals surface area contributed by atoms with Gasteiger partial charge in [-0.25, -0.2) is 0 Å². The average molecular weight is 308 g/mol. The maximum absolute atomic E-state index is 11.2. The van der Waals surface area contributed by atoms with Crippen LogP contribution in [0.15, 0.2) is 28.8 Å². The Morgan fingerprint density at radius 1 is 1.43 bits per heavy atom. The highest BCUT2D eigenvalue weighted by atomic mass is 35.5. The van der Waals surface area contributed by atoms with Crippen molar-refractivity contribution in [2.24, 2.45) is 5.92 Å². The van der Waals surface area contributed by atoms with Gasteiger partial charge in [0.25, 0.3) is 0 Å². The van der Waals surface area contributed by atoms with Crippen LogP contribution in [0.25, 0.3) is 11.3 Å².